The smallest absolute Gasteiger partial charge is 0.236 e. The van der Waals surface area contributed by atoms with E-state index < -0.39 is 10.0 Å². The number of nitrogens with zero attached hydrogens (tertiary/aromatic N) is 2. The van der Waals surface area contributed by atoms with Gasteiger partial charge in [-0.15, -0.1) is 0 Å². The Morgan fingerprint density at radius 2 is 2.00 bits per heavy atom. The number of guanidine groups is 1. The first-order chi connectivity index (χ1) is 13.5. The lowest BCUT2D eigenvalue weighted by atomic mass is 10.2. The third-order valence-corrected chi connectivity index (χ3v) is 6.26. The molecule has 0 saturated carbocycles. The Balaban J connectivity index is 1.59. The van der Waals surface area contributed by atoms with E-state index in [4.69, 9.17) is 0 Å². The van der Waals surface area contributed by atoms with Gasteiger partial charge in [0, 0.05) is 19.6 Å². The van der Waals surface area contributed by atoms with Crippen LogP contribution < -0.4 is 14.9 Å². The average Bonchev–Trinajstić information content (AvgIpc) is 3.11. The molecule has 6 nitrogen and oxygen atoms in total. The molecule has 0 radical (unpaired) electrons. The quantitative estimate of drug-likeness (QED) is 0.549. The molecule has 2 aromatic rings. The summed E-state index contributed by atoms with van der Waals surface area (Å²) in [5, 5.41) is 6.12. The first-order valence-electron chi connectivity index (χ1n) is 9.34. The van der Waals surface area contributed by atoms with Crippen molar-refractivity contribution < 1.29 is 12.8 Å². The molecule has 2 N–H and O–H groups in total. The van der Waals surface area contributed by atoms with E-state index in [2.05, 4.69) is 15.6 Å². The van der Waals surface area contributed by atoms with Crippen LogP contribution in [0.4, 0.5) is 10.1 Å². The Labute approximate surface area is 165 Å². The van der Waals surface area contributed by atoms with Crippen LogP contribution in [0.1, 0.15) is 18.1 Å². The molecule has 0 aliphatic carbocycles. The van der Waals surface area contributed by atoms with Crippen molar-refractivity contribution in [2.24, 2.45) is 4.99 Å². The highest BCUT2D eigenvalue weighted by Crippen LogP contribution is 2.29. The molecule has 0 amide bonds. The molecule has 2 aromatic carbocycles. The fourth-order valence-electron chi connectivity index (χ4n) is 3.15. The maximum absolute atomic E-state index is 13.3. The zero-order valence-corrected chi connectivity index (χ0v) is 16.7. The van der Waals surface area contributed by atoms with Gasteiger partial charge in [-0.25, -0.2) is 17.8 Å². The van der Waals surface area contributed by atoms with Crippen molar-refractivity contribution >= 4 is 21.7 Å². The van der Waals surface area contributed by atoms with Crippen molar-refractivity contribution in [2.75, 3.05) is 29.7 Å². The minimum absolute atomic E-state index is 0.0360. The number of hydrogen-bond acceptors (Lipinski definition) is 3. The predicted molar refractivity (Wildman–Crippen MR) is 110 cm³/mol. The van der Waals surface area contributed by atoms with Gasteiger partial charge in [0.05, 0.1) is 18.0 Å². The Bertz CT molecular complexity index is 947. The third-order valence-electron chi connectivity index (χ3n) is 4.49. The zero-order chi connectivity index (χ0) is 20.0. The fourth-order valence-corrected chi connectivity index (χ4v) is 4.58. The summed E-state index contributed by atoms with van der Waals surface area (Å²) in [7, 11) is -3.42. The van der Waals surface area contributed by atoms with Crippen LogP contribution >= 0.6 is 0 Å². The second kappa shape index (κ2) is 9.05. The van der Waals surface area contributed by atoms with Gasteiger partial charge in [-0.3, -0.25) is 4.31 Å². The molecule has 0 aromatic heterocycles. The van der Waals surface area contributed by atoms with Gasteiger partial charge in [-0.1, -0.05) is 30.3 Å². The fraction of sp³-hybridized carbons (Fsp3) is 0.350. The molecule has 3 rings (SSSR count). The number of halogens is 1. The maximum Gasteiger partial charge on any atom is 0.236 e. The van der Waals surface area contributed by atoms with E-state index in [0.29, 0.717) is 25.6 Å². The number of nitrogens with one attached hydrogen (secondary N) is 2. The Hall–Kier alpha value is -2.61. The van der Waals surface area contributed by atoms with Gasteiger partial charge >= 0.3 is 0 Å². The minimum Gasteiger partial charge on any atom is -0.357 e. The van der Waals surface area contributed by atoms with Crippen molar-refractivity contribution in [1.29, 1.82) is 0 Å². The number of rotatable bonds is 7. The van der Waals surface area contributed by atoms with Gasteiger partial charge < -0.3 is 10.6 Å². The van der Waals surface area contributed by atoms with Crippen molar-refractivity contribution in [3.63, 3.8) is 0 Å². The number of para-hydroxylation sites is 1. The standard InChI is InChI=1S/C20H25FN4O2S/c1-2-22-20(24-15-16-6-5-8-18(21)14-16)23-11-13-28(26,27)25-12-10-17-7-3-4-9-19(17)25/h3-9,14H,2,10-13,15H2,1H3,(H2,22,23,24). The van der Waals surface area contributed by atoms with Crippen LogP contribution in [0.25, 0.3) is 0 Å². The number of aliphatic imine (C=N–C) groups is 1. The number of fused-ring (bicyclic) bond motifs is 1. The summed E-state index contributed by atoms with van der Waals surface area (Å²) in [5.74, 6) is 0.164. The van der Waals surface area contributed by atoms with Crippen LogP contribution in [0, 0.1) is 5.82 Å². The van der Waals surface area contributed by atoms with E-state index in [-0.39, 0.29) is 18.1 Å². The van der Waals surface area contributed by atoms with E-state index >= 15 is 0 Å². The summed E-state index contributed by atoms with van der Waals surface area (Å²) in [6, 6.07) is 13.8. The molecule has 28 heavy (non-hydrogen) atoms. The number of anilines is 1. The molecule has 0 bridgehead atoms. The molecule has 8 heteroatoms. The number of hydrogen-bond donors (Lipinski definition) is 2. The second-order valence-electron chi connectivity index (χ2n) is 6.52. The highest BCUT2D eigenvalue weighted by Gasteiger charge is 2.28. The van der Waals surface area contributed by atoms with Gasteiger partial charge in [0.2, 0.25) is 10.0 Å². The first kappa shape index (κ1) is 20.1. The first-order valence-corrected chi connectivity index (χ1v) is 11.0. The van der Waals surface area contributed by atoms with Gasteiger partial charge in [-0.05, 0) is 42.7 Å². The van der Waals surface area contributed by atoms with Gasteiger partial charge in [0.15, 0.2) is 5.96 Å². The SMILES string of the molecule is CCNC(=NCc1cccc(F)c1)NCCS(=O)(=O)N1CCc2ccccc21. The summed E-state index contributed by atoms with van der Waals surface area (Å²) >= 11 is 0. The molecule has 1 heterocycles. The van der Waals surface area contributed by atoms with Crippen molar-refractivity contribution in [2.45, 2.75) is 19.9 Å². The topological polar surface area (TPSA) is 73.8 Å². The Morgan fingerprint density at radius 3 is 2.79 bits per heavy atom. The van der Waals surface area contributed by atoms with Crippen LogP contribution in [-0.2, 0) is 23.0 Å². The molecule has 1 aliphatic rings. The lowest BCUT2D eigenvalue weighted by molar-refractivity contribution is 0.590. The van der Waals surface area contributed by atoms with Gasteiger partial charge in [0.25, 0.3) is 0 Å². The van der Waals surface area contributed by atoms with Crippen molar-refractivity contribution in [1.82, 2.24) is 10.6 Å². The molecule has 0 atom stereocenters. The summed E-state index contributed by atoms with van der Waals surface area (Å²) < 4.78 is 40.2. The van der Waals surface area contributed by atoms with E-state index in [9.17, 15) is 12.8 Å². The predicted octanol–water partition coefficient (Wildman–Crippen LogP) is 2.27. The molecular formula is C20H25FN4O2S. The normalized spacial score (nSPS) is 14.1. The van der Waals surface area contributed by atoms with Crippen molar-refractivity contribution in [3.8, 4) is 0 Å². The summed E-state index contributed by atoms with van der Waals surface area (Å²) in [4.78, 5) is 4.40. The van der Waals surface area contributed by atoms with Crippen LogP contribution in [0.5, 0.6) is 0 Å². The van der Waals surface area contributed by atoms with Crippen LogP contribution in [-0.4, -0.2) is 39.8 Å². The van der Waals surface area contributed by atoms with Crippen LogP contribution in [0.15, 0.2) is 53.5 Å². The Kier molecular flexibility index (Phi) is 6.51. The summed E-state index contributed by atoms with van der Waals surface area (Å²) in [6.45, 7) is 3.59. The van der Waals surface area contributed by atoms with Gasteiger partial charge in [-0.2, -0.15) is 0 Å². The molecule has 1 aliphatic heterocycles. The monoisotopic (exact) mass is 404 g/mol. The second-order valence-corrected chi connectivity index (χ2v) is 8.53. The maximum atomic E-state index is 13.3. The highest BCUT2D eigenvalue weighted by atomic mass is 32.2. The highest BCUT2D eigenvalue weighted by molar-refractivity contribution is 7.92. The summed E-state index contributed by atoms with van der Waals surface area (Å²) in [6.07, 6.45) is 0.737. The summed E-state index contributed by atoms with van der Waals surface area (Å²) in [5.41, 5.74) is 2.58. The minimum atomic E-state index is -3.42. The van der Waals surface area contributed by atoms with Crippen LogP contribution in [0.2, 0.25) is 0 Å². The van der Waals surface area contributed by atoms with E-state index in [1.54, 1.807) is 12.1 Å². The van der Waals surface area contributed by atoms with Crippen molar-refractivity contribution in [3.05, 3.63) is 65.5 Å². The number of benzene rings is 2. The molecule has 0 fully saturated rings. The molecule has 0 saturated heterocycles. The lowest BCUT2D eigenvalue weighted by Gasteiger charge is -2.20. The third kappa shape index (κ3) is 5.01. The van der Waals surface area contributed by atoms with E-state index in [0.717, 1.165) is 23.2 Å². The zero-order valence-electron chi connectivity index (χ0n) is 15.9. The van der Waals surface area contributed by atoms with Gasteiger partial charge in [0.1, 0.15) is 5.82 Å². The lowest BCUT2D eigenvalue weighted by Crippen LogP contribution is -2.42. The molecule has 150 valence electrons. The van der Waals surface area contributed by atoms with E-state index in [1.807, 2.05) is 31.2 Å². The molecule has 0 unspecified atom stereocenters. The van der Waals surface area contributed by atoms with E-state index in [1.165, 1.54) is 16.4 Å². The molecular weight excluding hydrogens is 379 g/mol. The largest absolute Gasteiger partial charge is 0.357 e. The Morgan fingerprint density at radius 1 is 1.18 bits per heavy atom. The number of sulfonamides is 1. The molecule has 0 spiro atoms. The van der Waals surface area contributed by atoms with Crippen LogP contribution in [0.3, 0.4) is 0 Å². The average molecular weight is 405 g/mol.